The number of benzene rings is 3. The summed E-state index contributed by atoms with van der Waals surface area (Å²) >= 11 is 0. The van der Waals surface area contributed by atoms with Gasteiger partial charge in [0.25, 0.3) is 0 Å². The second-order valence-corrected chi connectivity index (χ2v) is 12.7. The number of carbonyl (C=O) groups is 6. The van der Waals surface area contributed by atoms with E-state index in [4.69, 9.17) is 4.74 Å². The van der Waals surface area contributed by atoms with E-state index in [1.54, 1.807) is 60.7 Å². The Kier molecular flexibility index (Phi) is 7.18. The Bertz CT molecular complexity index is 1910. The van der Waals surface area contributed by atoms with Gasteiger partial charge in [0.2, 0.25) is 23.6 Å². The molecule has 4 amide bonds. The van der Waals surface area contributed by atoms with E-state index in [0.717, 1.165) is 5.57 Å². The highest BCUT2D eigenvalue weighted by atomic mass is 16.5. The number of phenols is 1. The van der Waals surface area contributed by atoms with Crippen LogP contribution in [-0.2, 0) is 19.2 Å². The van der Waals surface area contributed by atoms with Crippen molar-refractivity contribution in [3.63, 3.8) is 0 Å². The number of phenolic OH excluding ortho intramolecular Hbond substituents is 1. The normalized spacial score (nSPS) is 26.5. The molecule has 0 spiro atoms. The lowest BCUT2D eigenvalue weighted by Crippen LogP contribution is -2.43. The van der Waals surface area contributed by atoms with Crippen molar-refractivity contribution in [3.8, 4) is 11.5 Å². The molecular weight excluding hydrogens is 600 g/mol. The molecule has 10 nitrogen and oxygen atoms in total. The Labute approximate surface area is 270 Å². The standard InChI is InChI=1S/C37H32N2O8/c1-18(40)20-4-9-23(10-5-20)38-34(43)26-14-13-25-27(32(26)36(38)45)17-28-33(31(25)22-8-15-29(42)30(16-22)47-3)37(46)39(35(28)44)24-11-6-21(7-12-24)19(2)41/h4-13,15-16,26-28,31-33,42H,14,17H2,1-3H3/t26-,27+,28+,31-,32-,33+/m0/s1. The number of fused-ring (bicyclic) bond motifs is 4. The number of methoxy groups -OCH3 is 1. The fourth-order valence-corrected chi connectivity index (χ4v) is 8.05. The van der Waals surface area contributed by atoms with Crippen molar-refractivity contribution in [2.24, 2.45) is 29.6 Å². The van der Waals surface area contributed by atoms with Gasteiger partial charge in [0, 0.05) is 17.0 Å². The largest absolute Gasteiger partial charge is 0.504 e. The molecule has 1 N–H and O–H groups in total. The number of nitrogens with zero attached hydrogens (tertiary/aromatic N) is 2. The highest BCUT2D eigenvalue weighted by Crippen LogP contribution is 2.58. The molecule has 4 aliphatic rings. The zero-order valence-electron chi connectivity index (χ0n) is 26.0. The van der Waals surface area contributed by atoms with Crippen LogP contribution in [0, 0.1) is 29.6 Å². The molecule has 2 saturated heterocycles. The molecule has 47 heavy (non-hydrogen) atoms. The molecule has 0 bridgehead atoms. The van der Waals surface area contributed by atoms with Gasteiger partial charge in [0.05, 0.1) is 42.2 Å². The van der Waals surface area contributed by atoms with E-state index in [9.17, 15) is 33.9 Å². The second kappa shape index (κ2) is 11.2. The van der Waals surface area contributed by atoms with Crippen molar-refractivity contribution in [2.75, 3.05) is 16.9 Å². The van der Waals surface area contributed by atoms with Gasteiger partial charge in [0.1, 0.15) is 0 Å². The molecule has 1 saturated carbocycles. The molecule has 10 heteroatoms. The van der Waals surface area contributed by atoms with Crippen molar-refractivity contribution < 1.29 is 38.6 Å². The first kappa shape index (κ1) is 30.3. The summed E-state index contributed by atoms with van der Waals surface area (Å²) in [7, 11) is 1.42. The van der Waals surface area contributed by atoms with E-state index in [2.05, 4.69) is 0 Å². The van der Waals surface area contributed by atoms with Crippen LogP contribution in [0.4, 0.5) is 11.4 Å². The maximum absolute atomic E-state index is 14.3. The topological polar surface area (TPSA) is 138 Å². The highest BCUT2D eigenvalue weighted by molar-refractivity contribution is 6.24. The van der Waals surface area contributed by atoms with Gasteiger partial charge in [0.15, 0.2) is 23.1 Å². The molecule has 0 radical (unpaired) electrons. The van der Waals surface area contributed by atoms with Crippen molar-refractivity contribution in [1.29, 1.82) is 0 Å². The second-order valence-electron chi connectivity index (χ2n) is 12.7. The van der Waals surface area contributed by atoms with Gasteiger partial charge in [-0.2, -0.15) is 0 Å². The number of Topliss-reactive ketones (excluding diaryl/α,β-unsaturated/α-hetero) is 2. The number of aromatic hydroxyl groups is 1. The minimum Gasteiger partial charge on any atom is -0.504 e. The summed E-state index contributed by atoms with van der Waals surface area (Å²) in [5.74, 6) is -5.76. The van der Waals surface area contributed by atoms with Gasteiger partial charge < -0.3 is 9.84 Å². The molecule has 2 aliphatic carbocycles. The van der Waals surface area contributed by atoms with Crippen LogP contribution < -0.4 is 14.5 Å². The van der Waals surface area contributed by atoms with Crippen molar-refractivity contribution >= 4 is 46.6 Å². The van der Waals surface area contributed by atoms with Crippen LogP contribution in [0.5, 0.6) is 11.5 Å². The summed E-state index contributed by atoms with van der Waals surface area (Å²) in [4.78, 5) is 82.5. The van der Waals surface area contributed by atoms with Crippen LogP contribution in [0.2, 0.25) is 0 Å². The number of hydrogen-bond donors (Lipinski definition) is 1. The van der Waals surface area contributed by atoms with E-state index in [1.807, 2.05) is 6.08 Å². The van der Waals surface area contributed by atoms with Gasteiger partial charge in [-0.15, -0.1) is 0 Å². The van der Waals surface area contributed by atoms with Crippen molar-refractivity contribution in [3.05, 3.63) is 95.1 Å². The number of anilines is 2. The van der Waals surface area contributed by atoms with E-state index in [1.165, 1.54) is 36.8 Å². The van der Waals surface area contributed by atoms with Crippen molar-refractivity contribution in [1.82, 2.24) is 0 Å². The van der Waals surface area contributed by atoms with E-state index in [0.29, 0.717) is 28.1 Å². The van der Waals surface area contributed by atoms with E-state index >= 15 is 0 Å². The number of carbonyl (C=O) groups excluding carboxylic acids is 6. The first-order chi connectivity index (χ1) is 22.5. The first-order valence-corrected chi connectivity index (χ1v) is 15.6. The Hall–Kier alpha value is -5.38. The Morgan fingerprint density at radius 1 is 0.702 bits per heavy atom. The Morgan fingerprint density at radius 3 is 1.77 bits per heavy atom. The summed E-state index contributed by atoms with van der Waals surface area (Å²) in [6.45, 7) is 2.88. The zero-order valence-corrected chi connectivity index (χ0v) is 26.0. The van der Waals surface area contributed by atoms with Crippen LogP contribution in [0.3, 0.4) is 0 Å². The highest BCUT2D eigenvalue weighted by Gasteiger charge is 2.62. The van der Waals surface area contributed by atoms with Gasteiger partial charge >= 0.3 is 0 Å². The molecule has 3 aromatic carbocycles. The van der Waals surface area contributed by atoms with Crippen molar-refractivity contribution in [2.45, 2.75) is 32.6 Å². The summed E-state index contributed by atoms with van der Waals surface area (Å²) < 4.78 is 5.39. The van der Waals surface area contributed by atoms with Gasteiger partial charge in [-0.3, -0.25) is 38.6 Å². The summed E-state index contributed by atoms with van der Waals surface area (Å²) in [6, 6.07) is 17.5. The van der Waals surface area contributed by atoms with Crippen LogP contribution in [0.25, 0.3) is 0 Å². The molecule has 0 aromatic heterocycles. The van der Waals surface area contributed by atoms with E-state index in [-0.39, 0.29) is 47.7 Å². The number of imide groups is 2. The molecule has 2 heterocycles. The van der Waals surface area contributed by atoms with E-state index < -0.39 is 47.3 Å². The third kappa shape index (κ3) is 4.61. The number of hydrogen-bond acceptors (Lipinski definition) is 8. The average molecular weight is 633 g/mol. The summed E-state index contributed by atoms with van der Waals surface area (Å²) in [5.41, 5.74) is 3.10. The van der Waals surface area contributed by atoms with Crippen LogP contribution in [0.1, 0.15) is 58.9 Å². The van der Waals surface area contributed by atoms with Gasteiger partial charge in [-0.05, 0) is 98.8 Å². The number of allylic oxidation sites excluding steroid dienone is 2. The lowest BCUT2D eigenvalue weighted by atomic mass is 9.57. The van der Waals surface area contributed by atoms with Gasteiger partial charge in [-0.25, -0.2) is 0 Å². The molecule has 3 aromatic rings. The summed E-state index contributed by atoms with van der Waals surface area (Å²) in [5, 5.41) is 10.4. The quantitative estimate of drug-likeness (QED) is 0.231. The lowest BCUT2D eigenvalue weighted by molar-refractivity contribution is -0.126. The van der Waals surface area contributed by atoms with Gasteiger partial charge in [-0.1, -0.05) is 17.7 Å². The molecule has 238 valence electrons. The third-order valence-corrected chi connectivity index (χ3v) is 10.3. The number of rotatable bonds is 6. The zero-order chi connectivity index (χ0) is 33.3. The minimum atomic E-state index is -0.800. The molecule has 6 atom stereocenters. The molecule has 7 rings (SSSR count). The lowest BCUT2D eigenvalue weighted by Gasteiger charge is -2.44. The number of ketones is 2. The Morgan fingerprint density at radius 2 is 1.23 bits per heavy atom. The smallest absolute Gasteiger partial charge is 0.238 e. The van der Waals surface area contributed by atoms with Crippen LogP contribution in [-0.4, -0.2) is 47.4 Å². The summed E-state index contributed by atoms with van der Waals surface area (Å²) in [6.07, 6.45) is 2.43. The molecule has 0 unspecified atom stereocenters. The number of amides is 4. The fraction of sp³-hybridized carbons (Fsp3) is 0.297. The average Bonchev–Trinajstić information content (AvgIpc) is 3.47. The Balaban J connectivity index is 1.31. The predicted molar refractivity (Wildman–Crippen MR) is 170 cm³/mol. The predicted octanol–water partition coefficient (Wildman–Crippen LogP) is 4.85. The molecular formula is C37H32N2O8. The molecule has 3 fully saturated rings. The third-order valence-electron chi connectivity index (χ3n) is 10.3. The molecule has 2 aliphatic heterocycles. The SMILES string of the molecule is COc1cc([C@H]2C3=CC[C@@H]4C(=O)N(c5ccc(C(C)=O)cc5)C(=O)[C@@H]4[C@@H]3C[C@H]3C(=O)N(c4ccc(C(C)=O)cc4)C(=O)[C@@H]23)ccc1O. The maximum atomic E-state index is 14.3. The van der Waals surface area contributed by atoms with Crippen LogP contribution >= 0.6 is 0 Å². The number of ether oxygens (including phenoxy) is 1. The minimum absolute atomic E-state index is 0.0816. The fourth-order valence-electron chi connectivity index (χ4n) is 8.05. The van der Waals surface area contributed by atoms with Crippen LogP contribution in [0.15, 0.2) is 78.4 Å². The monoisotopic (exact) mass is 632 g/mol. The maximum Gasteiger partial charge on any atom is 0.238 e. The first-order valence-electron chi connectivity index (χ1n) is 15.6.